The number of nitro groups is 1. The van der Waals surface area contributed by atoms with Crippen LogP contribution in [0.25, 0.3) is 0 Å². The SMILES string of the molecule is O=[Si][N+](=O)[O-]. The molecule has 0 bridgehead atoms. The first kappa shape index (κ1) is 4.42. The van der Waals surface area contributed by atoms with Gasteiger partial charge in [-0.3, -0.25) is 14.6 Å². The van der Waals surface area contributed by atoms with Crippen LogP contribution in [0.5, 0.6) is 0 Å². The van der Waals surface area contributed by atoms with Crippen molar-refractivity contribution in [2.45, 2.75) is 0 Å². The Balaban J connectivity index is 3.20. The van der Waals surface area contributed by atoms with Crippen LogP contribution < -0.4 is 0 Å². The van der Waals surface area contributed by atoms with E-state index in [0.717, 1.165) is 0 Å². The van der Waals surface area contributed by atoms with E-state index < -0.39 is 14.2 Å². The van der Waals surface area contributed by atoms with E-state index in [1.54, 1.807) is 0 Å². The fourth-order valence-corrected chi connectivity index (χ4v) is 0. The second-order valence-corrected chi connectivity index (χ2v) is 0.896. The van der Waals surface area contributed by atoms with Crippen molar-refractivity contribution in [2.75, 3.05) is 0 Å². The van der Waals surface area contributed by atoms with Crippen LogP contribution in [0.3, 0.4) is 0 Å². The van der Waals surface area contributed by atoms with Gasteiger partial charge < -0.3 is 0 Å². The number of hydrogen-bond acceptors (Lipinski definition) is 3. The molecule has 0 aliphatic heterocycles. The van der Waals surface area contributed by atoms with E-state index >= 15 is 0 Å². The Morgan fingerprint density at radius 1 is 1.80 bits per heavy atom. The highest BCUT2D eigenvalue weighted by Crippen LogP contribution is 1.42. The monoisotopic (exact) mass is 90.0 g/mol. The van der Waals surface area contributed by atoms with Gasteiger partial charge in [0.25, 0.3) is 0 Å². The zero-order valence-electron chi connectivity index (χ0n) is 2.17. The van der Waals surface area contributed by atoms with E-state index in [4.69, 9.17) is 14.6 Å². The molecule has 5 heteroatoms. The molecule has 0 aliphatic rings. The first-order valence-electron chi connectivity index (χ1n) is 0.793. The minimum absolute atomic E-state index is 0.903. The van der Waals surface area contributed by atoms with Crippen molar-refractivity contribution in [3.63, 3.8) is 0 Å². The lowest BCUT2D eigenvalue weighted by Gasteiger charge is -1.60. The molecule has 0 aromatic heterocycles. The van der Waals surface area contributed by atoms with Crippen LogP contribution in [-0.4, -0.2) is 14.2 Å². The van der Waals surface area contributed by atoms with Crippen molar-refractivity contribution in [3.05, 3.63) is 10.1 Å². The van der Waals surface area contributed by atoms with E-state index in [1.165, 1.54) is 0 Å². The molecular formula is NO3Si. The Labute approximate surface area is 29.9 Å². The second-order valence-electron chi connectivity index (χ2n) is 0.348. The number of hydrogen-bond donors (Lipinski definition) is 0. The number of rotatable bonds is 1. The van der Waals surface area contributed by atoms with Gasteiger partial charge in [0, 0.05) is 4.59 Å². The maximum Gasteiger partial charge on any atom is 0.826 e. The van der Waals surface area contributed by atoms with Crippen molar-refractivity contribution >= 4 is 9.57 Å². The first-order chi connectivity index (χ1) is 2.27. The normalized spacial score (nSPS) is 6.40. The molecule has 5 heavy (non-hydrogen) atoms. The molecule has 0 N–H and O–H groups in total. The van der Waals surface area contributed by atoms with Crippen LogP contribution >= 0.6 is 0 Å². The molecule has 0 aromatic rings. The molecule has 0 amide bonds. The Morgan fingerprint density at radius 2 is 2.00 bits per heavy atom. The molecule has 0 aliphatic carbocycles. The summed E-state index contributed by atoms with van der Waals surface area (Å²) in [4.78, 5) is 8.87. The van der Waals surface area contributed by atoms with Crippen molar-refractivity contribution in [1.29, 1.82) is 0 Å². The smallest absolute Gasteiger partial charge is 0.288 e. The molecular weight excluding hydrogens is 90.1 g/mol. The van der Waals surface area contributed by atoms with Gasteiger partial charge in [0.15, 0.2) is 0 Å². The van der Waals surface area contributed by atoms with Gasteiger partial charge in [0.1, 0.15) is 0 Å². The largest absolute Gasteiger partial charge is 0.826 e. The third-order valence-corrected chi connectivity index (χ3v) is 0.224. The van der Waals surface area contributed by atoms with E-state index in [1.807, 2.05) is 0 Å². The molecule has 0 saturated heterocycles. The third-order valence-electron chi connectivity index (χ3n) is 0.0745. The topological polar surface area (TPSA) is 60.2 Å². The van der Waals surface area contributed by atoms with E-state index in [9.17, 15) is 0 Å². The van der Waals surface area contributed by atoms with Crippen LogP contribution in [-0.2, 0) is 4.46 Å². The third kappa shape index (κ3) is 3.42. The Hall–Kier alpha value is -0.583. The van der Waals surface area contributed by atoms with Crippen molar-refractivity contribution in [1.82, 2.24) is 0 Å². The molecule has 0 heterocycles. The summed E-state index contributed by atoms with van der Waals surface area (Å²) in [5, 5.41) is 8.87. The zero-order chi connectivity index (χ0) is 4.28. The van der Waals surface area contributed by atoms with E-state index in [2.05, 4.69) is 0 Å². The summed E-state index contributed by atoms with van der Waals surface area (Å²) in [6.07, 6.45) is 0. The summed E-state index contributed by atoms with van der Waals surface area (Å²) in [5.41, 5.74) is 0. The highest BCUT2D eigenvalue weighted by molar-refractivity contribution is 6.04. The van der Waals surface area contributed by atoms with Crippen LogP contribution in [0.1, 0.15) is 0 Å². The van der Waals surface area contributed by atoms with Gasteiger partial charge in [0.05, 0.1) is 0 Å². The molecule has 0 unspecified atom stereocenters. The standard InChI is InChI=1S/NO3Si/c2-1(3)5-4. The Bertz CT molecular complexity index is 57.9. The summed E-state index contributed by atoms with van der Waals surface area (Å²) in [6, 6.07) is 0. The zero-order valence-corrected chi connectivity index (χ0v) is 3.17. The predicted molar refractivity (Wildman–Crippen MR) is 13.4 cm³/mol. The van der Waals surface area contributed by atoms with E-state index in [-0.39, 0.29) is 0 Å². The molecule has 0 aromatic carbocycles. The van der Waals surface area contributed by atoms with E-state index in [0.29, 0.717) is 0 Å². The fraction of sp³-hybridized carbons (Fsp3) is 0. The van der Waals surface area contributed by atoms with Gasteiger partial charge in [0.2, 0.25) is 0 Å². The van der Waals surface area contributed by atoms with Gasteiger partial charge in [-0.05, 0) is 0 Å². The Kier molecular flexibility index (Phi) is 1.51. The maximum atomic E-state index is 8.96. The summed E-state index contributed by atoms with van der Waals surface area (Å²) < 4.78 is 8.06. The second kappa shape index (κ2) is 1.71. The predicted octanol–water partition coefficient (Wildman–Crippen LogP) is -0.772. The van der Waals surface area contributed by atoms with Crippen LogP contribution in [0, 0.1) is 10.1 Å². The molecule has 0 saturated carbocycles. The number of nitrogens with zero attached hydrogens (tertiary/aromatic N) is 1. The fourth-order valence-electron chi connectivity index (χ4n) is 0. The lowest BCUT2D eigenvalue weighted by Crippen LogP contribution is -1.91. The highest BCUT2D eigenvalue weighted by atomic mass is 28.2. The average molecular weight is 90.1 g/mol. The minimum atomic E-state index is -1.41. The molecule has 0 rings (SSSR count). The summed E-state index contributed by atoms with van der Waals surface area (Å²) in [7, 11) is -1.41. The van der Waals surface area contributed by atoms with Crippen LogP contribution in [0.15, 0.2) is 0 Å². The quantitative estimate of drug-likeness (QED) is 0.241. The van der Waals surface area contributed by atoms with Crippen molar-refractivity contribution < 1.29 is 9.05 Å². The molecule has 0 spiro atoms. The maximum absolute atomic E-state index is 8.96. The summed E-state index contributed by atoms with van der Waals surface area (Å²) in [5.74, 6) is 0. The van der Waals surface area contributed by atoms with Gasteiger partial charge in [-0.1, -0.05) is 0 Å². The molecule has 0 fully saturated rings. The molecule has 1 radical (unpaired) electrons. The molecule has 0 atom stereocenters. The van der Waals surface area contributed by atoms with Crippen LogP contribution in [0.2, 0.25) is 0 Å². The Morgan fingerprint density at radius 3 is 2.00 bits per heavy atom. The van der Waals surface area contributed by atoms with Gasteiger partial charge in [-0.2, -0.15) is 0 Å². The average Bonchev–Trinajstić information content (AvgIpc) is 1.38. The molecule has 4 nitrogen and oxygen atoms in total. The van der Waals surface area contributed by atoms with Gasteiger partial charge >= 0.3 is 9.57 Å². The van der Waals surface area contributed by atoms with Crippen LogP contribution in [0.4, 0.5) is 0 Å². The van der Waals surface area contributed by atoms with Gasteiger partial charge in [-0.25, -0.2) is 0 Å². The summed E-state index contributed by atoms with van der Waals surface area (Å²) in [6.45, 7) is 0. The van der Waals surface area contributed by atoms with Crippen molar-refractivity contribution in [2.24, 2.45) is 0 Å². The molecule has 27 valence electrons. The lowest BCUT2D eigenvalue weighted by atomic mass is 13.4. The highest BCUT2D eigenvalue weighted by Gasteiger charge is 1.90. The van der Waals surface area contributed by atoms with Crippen molar-refractivity contribution in [3.8, 4) is 0 Å². The first-order valence-corrected chi connectivity index (χ1v) is 1.65. The summed E-state index contributed by atoms with van der Waals surface area (Å²) >= 11 is 0. The van der Waals surface area contributed by atoms with Gasteiger partial charge in [-0.15, -0.1) is 0 Å². The lowest BCUT2D eigenvalue weighted by molar-refractivity contribution is -0.325. The minimum Gasteiger partial charge on any atom is -0.288 e.